The predicted molar refractivity (Wildman–Crippen MR) is 81.2 cm³/mol. The lowest BCUT2D eigenvalue weighted by atomic mass is 9.75. The molecule has 1 aliphatic heterocycles. The van der Waals surface area contributed by atoms with Crippen LogP contribution in [0.3, 0.4) is 0 Å². The smallest absolute Gasteiger partial charge is 0.427 e. The number of likely N-dealkylation sites (tertiary alicyclic amines) is 1. The molecule has 0 aromatic carbocycles. The second-order valence-electron chi connectivity index (χ2n) is 7.18. The molecule has 0 aromatic rings. The summed E-state index contributed by atoms with van der Waals surface area (Å²) in [5.41, 5.74) is 5.37. The maximum atomic E-state index is 9.74. The number of hydrogen-bond donors (Lipinski definition) is 5. The minimum atomic E-state index is -1.51. The Morgan fingerprint density at radius 3 is 2.48 bits per heavy atom. The fourth-order valence-electron chi connectivity index (χ4n) is 4.33. The van der Waals surface area contributed by atoms with E-state index in [1.807, 2.05) is 0 Å². The van der Waals surface area contributed by atoms with Gasteiger partial charge in [-0.2, -0.15) is 0 Å². The Morgan fingerprint density at radius 2 is 1.95 bits per heavy atom. The molecule has 1 aliphatic carbocycles. The SMILES string of the molecule is CC(C)N1C[C@@H]2C[C@@](N)(C(O)O)[C@@H](CCCB(O)O)[C@@H]2C1. The highest BCUT2D eigenvalue weighted by atomic mass is 16.5. The molecule has 0 aromatic heterocycles. The summed E-state index contributed by atoms with van der Waals surface area (Å²) in [5.74, 6) is 0.795. The summed E-state index contributed by atoms with van der Waals surface area (Å²) in [6.45, 7) is 6.26. The van der Waals surface area contributed by atoms with Crippen LogP contribution < -0.4 is 5.73 Å². The van der Waals surface area contributed by atoms with E-state index in [4.69, 9.17) is 15.8 Å². The largest absolute Gasteiger partial charge is 0.451 e. The van der Waals surface area contributed by atoms with Gasteiger partial charge in [-0.05, 0) is 50.8 Å². The quantitative estimate of drug-likeness (QED) is 0.325. The molecule has 21 heavy (non-hydrogen) atoms. The molecule has 6 nitrogen and oxygen atoms in total. The van der Waals surface area contributed by atoms with Crippen molar-refractivity contribution in [3.05, 3.63) is 0 Å². The number of rotatable bonds is 6. The maximum Gasteiger partial charge on any atom is 0.451 e. The van der Waals surface area contributed by atoms with Crippen molar-refractivity contribution < 1.29 is 20.3 Å². The zero-order valence-corrected chi connectivity index (χ0v) is 13.0. The van der Waals surface area contributed by atoms with E-state index >= 15 is 0 Å². The van der Waals surface area contributed by atoms with Crippen molar-refractivity contribution >= 4 is 7.12 Å². The zero-order chi connectivity index (χ0) is 15.8. The highest BCUT2D eigenvalue weighted by molar-refractivity contribution is 6.40. The van der Waals surface area contributed by atoms with Crippen LogP contribution in [0.1, 0.15) is 33.1 Å². The number of nitrogens with two attached hydrogens (primary N) is 1. The molecule has 6 N–H and O–H groups in total. The lowest BCUT2D eigenvalue weighted by Gasteiger charge is -2.37. The number of aliphatic hydroxyl groups excluding tert-OH is 1. The van der Waals surface area contributed by atoms with Crippen LogP contribution in [0.2, 0.25) is 6.32 Å². The minimum Gasteiger partial charge on any atom is -0.427 e. The van der Waals surface area contributed by atoms with Gasteiger partial charge in [0.15, 0.2) is 6.29 Å². The van der Waals surface area contributed by atoms with Crippen LogP contribution in [0.25, 0.3) is 0 Å². The van der Waals surface area contributed by atoms with Gasteiger partial charge in [0.2, 0.25) is 0 Å². The van der Waals surface area contributed by atoms with Gasteiger partial charge < -0.3 is 30.9 Å². The molecule has 1 saturated carbocycles. The Kier molecular flexibility index (Phi) is 5.34. The molecule has 7 heteroatoms. The van der Waals surface area contributed by atoms with Crippen molar-refractivity contribution in [3.8, 4) is 0 Å². The summed E-state index contributed by atoms with van der Waals surface area (Å²) in [6, 6.07) is 0.488. The van der Waals surface area contributed by atoms with Crippen molar-refractivity contribution in [2.45, 2.75) is 57.3 Å². The fourth-order valence-corrected chi connectivity index (χ4v) is 4.33. The van der Waals surface area contributed by atoms with Gasteiger partial charge in [-0.15, -0.1) is 0 Å². The molecule has 0 bridgehead atoms. The third-order valence-electron chi connectivity index (χ3n) is 5.53. The third kappa shape index (κ3) is 3.43. The van der Waals surface area contributed by atoms with Gasteiger partial charge in [0.1, 0.15) is 0 Å². The first-order chi connectivity index (χ1) is 9.75. The first-order valence-electron chi connectivity index (χ1n) is 8.01. The zero-order valence-electron chi connectivity index (χ0n) is 13.0. The Labute approximate surface area is 127 Å². The van der Waals surface area contributed by atoms with Crippen LogP contribution in [0.4, 0.5) is 0 Å². The Hall–Kier alpha value is -0.175. The topological polar surface area (TPSA) is 110 Å². The molecule has 0 amide bonds. The van der Waals surface area contributed by atoms with Crippen LogP contribution in [0.15, 0.2) is 0 Å². The van der Waals surface area contributed by atoms with Crippen molar-refractivity contribution in [1.29, 1.82) is 0 Å². The molecule has 2 aliphatic rings. The third-order valence-corrected chi connectivity index (χ3v) is 5.53. The van der Waals surface area contributed by atoms with Crippen molar-refractivity contribution in [2.24, 2.45) is 23.5 Å². The Balaban J connectivity index is 2.07. The van der Waals surface area contributed by atoms with E-state index in [9.17, 15) is 10.2 Å². The first-order valence-corrected chi connectivity index (χ1v) is 8.01. The van der Waals surface area contributed by atoms with Gasteiger partial charge in [-0.25, -0.2) is 0 Å². The fraction of sp³-hybridized carbons (Fsp3) is 1.00. The van der Waals surface area contributed by atoms with Gasteiger partial charge in [0, 0.05) is 19.1 Å². The molecule has 2 rings (SSSR count). The molecule has 122 valence electrons. The number of aliphatic hydroxyl groups is 2. The van der Waals surface area contributed by atoms with Gasteiger partial charge in [0.05, 0.1) is 5.54 Å². The molecule has 1 saturated heterocycles. The van der Waals surface area contributed by atoms with Crippen LogP contribution in [0.5, 0.6) is 0 Å². The van der Waals surface area contributed by atoms with Crippen LogP contribution in [-0.2, 0) is 0 Å². The van der Waals surface area contributed by atoms with E-state index in [2.05, 4.69) is 18.7 Å². The van der Waals surface area contributed by atoms with E-state index < -0.39 is 18.9 Å². The van der Waals surface area contributed by atoms with E-state index in [0.717, 1.165) is 13.1 Å². The lowest BCUT2D eigenvalue weighted by molar-refractivity contribution is -0.113. The van der Waals surface area contributed by atoms with Crippen molar-refractivity contribution in [3.63, 3.8) is 0 Å². The lowest BCUT2D eigenvalue weighted by Crippen LogP contribution is -2.55. The van der Waals surface area contributed by atoms with Crippen LogP contribution >= 0.6 is 0 Å². The Morgan fingerprint density at radius 1 is 1.29 bits per heavy atom. The summed E-state index contributed by atoms with van der Waals surface area (Å²) in [7, 11) is -1.30. The molecular formula is C14H29BN2O4. The molecule has 4 atom stereocenters. The number of nitrogens with zero attached hydrogens (tertiary/aromatic N) is 1. The molecule has 2 fully saturated rings. The second-order valence-corrected chi connectivity index (χ2v) is 7.18. The standard InChI is InChI=1S/C14H29BN2O4/c1-9(2)17-7-10-6-14(16,13(18)19)12(11(10)8-17)4-3-5-15(20)21/h9-13,18-21H,3-8,16H2,1-2H3/t10-,11+,12-,14-/m0/s1. The van der Waals surface area contributed by atoms with E-state index in [0.29, 0.717) is 43.5 Å². The average molecular weight is 300 g/mol. The number of fused-ring (bicyclic) bond motifs is 1. The van der Waals surface area contributed by atoms with E-state index in [1.54, 1.807) is 0 Å². The second kappa shape index (κ2) is 6.52. The van der Waals surface area contributed by atoms with Crippen molar-refractivity contribution in [1.82, 2.24) is 4.90 Å². The van der Waals surface area contributed by atoms with E-state index in [1.165, 1.54) is 0 Å². The molecule has 0 unspecified atom stereocenters. The highest BCUT2D eigenvalue weighted by Gasteiger charge is 2.56. The minimum absolute atomic E-state index is 0.0185. The van der Waals surface area contributed by atoms with Crippen LogP contribution in [0, 0.1) is 17.8 Å². The van der Waals surface area contributed by atoms with Gasteiger partial charge >= 0.3 is 7.12 Å². The van der Waals surface area contributed by atoms with Gasteiger partial charge in [-0.1, -0.05) is 6.42 Å². The molecule has 0 radical (unpaired) electrons. The number of hydrogen-bond acceptors (Lipinski definition) is 6. The average Bonchev–Trinajstić information content (AvgIpc) is 2.87. The maximum absolute atomic E-state index is 9.74. The summed E-state index contributed by atoms with van der Waals surface area (Å²) in [4.78, 5) is 2.42. The van der Waals surface area contributed by atoms with Crippen LogP contribution in [-0.4, -0.2) is 63.2 Å². The molecule has 1 heterocycles. The highest BCUT2D eigenvalue weighted by Crippen LogP contribution is 2.50. The predicted octanol–water partition coefficient (Wildman–Crippen LogP) is -0.776. The van der Waals surface area contributed by atoms with Gasteiger partial charge in [-0.3, -0.25) is 0 Å². The normalized spacial score (nSPS) is 36.7. The molecular weight excluding hydrogens is 271 g/mol. The Bertz CT molecular complexity index is 356. The first kappa shape index (κ1) is 17.2. The molecule has 0 spiro atoms. The van der Waals surface area contributed by atoms with E-state index in [-0.39, 0.29) is 5.92 Å². The summed E-state index contributed by atoms with van der Waals surface area (Å²) < 4.78 is 0. The van der Waals surface area contributed by atoms with Gasteiger partial charge in [0.25, 0.3) is 0 Å². The van der Waals surface area contributed by atoms with Crippen molar-refractivity contribution in [2.75, 3.05) is 13.1 Å². The summed E-state index contributed by atoms with van der Waals surface area (Å²) >= 11 is 0. The monoisotopic (exact) mass is 300 g/mol. The summed E-state index contributed by atoms with van der Waals surface area (Å²) in [5, 5.41) is 37.4. The summed E-state index contributed by atoms with van der Waals surface area (Å²) in [6.07, 6.45) is 0.766.